The summed E-state index contributed by atoms with van der Waals surface area (Å²) in [5.41, 5.74) is 1.02. The van der Waals surface area contributed by atoms with Crippen molar-refractivity contribution in [2.24, 2.45) is 0 Å². The molecular formula is C17H18FNO4S2. The summed E-state index contributed by atoms with van der Waals surface area (Å²) in [5.74, 6) is -0.437. The minimum absolute atomic E-state index is 0.0123. The monoisotopic (exact) mass is 383 g/mol. The van der Waals surface area contributed by atoms with Crippen LogP contribution in [0.15, 0.2) is 34.5 Å². The molecular weight excluding hydrogens is 365 g/mol. The van der Waals surface area contributed by atoms with E-state index in [1.54, 1.807) is 0 Å². The van der Waals surface area contributed by atoms with E-state index in [9.17, 15) is 22.7 Å². The smallest absolute Gasteiger partial charge is 0.244 e. The topological polar surface area (TPSA) is 74.7 Å². The Labute approximate surface area is 149 Å². The molecule has 1 aliphatic rings. The zero-order valence-corrected chi connectivity index (χ0v) is 15.2. The molecule has 0 unspecified atom stereocenters. The highest BCUT2D eigenvalue weighted by Gasteiger charge is 2.31. The molecule has 134 valence electrons. The Balaban J connectivity index is 1.82. The first kappa shape index (κ1) is 18.2. The van der Waals surface area contributed by atoms with E-state index in [4.69, 9.17) is 0 Å². The van der Waals surface area contributed by atoms with Crippen LogP contribution in [0.25, 0.3) is 0 Å². The van der Waals surface area contributed by atoms with Gasteiger partial charge in [-0.05, 0) is 36.1 Å². The second-order valence-electron chi connectivity index (χ2n) is 6.04. The van der Waals surface area contributed by atoms with Gasteiger partial charge in [-0.1, -0.05) is 12.1 Å². The Bertz CT molecular complexity index is 890. The van der Waals surface area contributed by atoms with Crippen molar-refractivity contribution in [1.82, 2.24) is 4.31 Å². The van der Waals surface area contributed by atoms with Gasteiger partial charge in [-0.25, -0.2) is 12.8 Å². The highest BCUT2D eigenvalue weighted by atomic mass is 32.2. The van der Waals surface area contributed by atoms with E-state index < -0.39 is 21.9 Å². The van der Waals surface area contributed by atoms with Crippen LogP contribution in [0.1, 0.15) is 39.7 Å². The number of hydrogen-bond donors (Lipinski definition) is 1. The number of hydrogen-bond acceptors (Lipinski definition) is 5. The highest BCUT2D eigenvalue weighted by Crippen LogP contribution is 2.34. The Morgan fingerprint density at radius 3 is 2.64 bits per heavy atom. The molecule has 1 aromatic heterocycles. The van der Waals surface area contributed by atoms with E-state index in [2.05, 4.69) is 0 Å². The summed E-state index contributed by atoms with van der Waals surface area (Å²) in [7, 11) is -2.43. The SMILES string of the molecule is CN(C[C@H](O)c1ccc(F)cc1)S(=O)(=O)c1csc2c1CCCC2=O. The van der Waals surface area contributed by atoms with E-state index in [-0.39, 0.29) is 17.2 Å². The number of fused-ring (bicyclic) bond motifs is 1. The van der Waals surface area contributed by atoms with Crippen molar-refractivity contribution in [3.63, 3.8) is 0 Å². The molecule has 8 heteroatoms. The molecule has 0 radical (unpaired) electrons. The highest BCUT2D eigenvalue weighted by molar-refractivity contribution is 7.89. The van der Waals surface area contributed by atoms with E-state index >= 15 is 0 Å². The maximum atomic E-state index is 13.0. The number of rotatable bonds is 5. The minimum Gasteiger partial charge on any atom is -0.387 e. The fourth-order valence-electron chi connectivity index (χ4n) is 2.89. The first-order chi connectivity index (χ1) is 11.8. The zero-order chi connectivity index (χ0) is 18.2. The number of nitrogens with zero attached hydrogens (tertiary/aromatic N) is 1. The van der Waals surface area contributed by atoms with Gasteiger partial charge in [0.2, 0.25) is 10.0 Å². The van der Waals surface area contributed by atoms with Gasteiger partial charge in [0.05, 0.1) is 15.9 Å². The van der Waals surface area contributed by atoms with Crippen molar-refractivity contribution in [2.45, 2.75) is 30.3 Å². The standard InChI is InChI=1S/C17H18FNO4S2/c1-19(9-15(21)11-5-7-12(18)8-6-11)25(22,23)16-10-24-17-13(16)3-2-4-14(17)20/h5-8,10,15,21H,2-4,9H2,1H3/t15-/m0/s1. The molecule has 1 heterocycles. The summed E-state index contributed by atoms with van der Waals surface area (Å²) in [6.45, 7) is -0.160. The number of benzene rings is 1. The first-order valence-corrected chi connectivity index (χ1v) is 10.2. The van der Waals surface area contributed by atoms with E-state index in [1.807, 2.05) is 0 Å². The number of thiophene rings is 1. The predicted molar refractivity (Wildman–Crippen MR) is 92.8 cm³/mol. The summed E-state index contributed by atoms with van der Waals surface area (Å²) in [5, 5.41) is 11.7. The van der Waals surface area contributed by atoms with Crippen molar-refractivity contribution in [1.29, 1.82) is 0 Å². The Morgan fingerprint density at radius 1 is 1.28 bits per heavy atom. The predicted octanol–water partition coefficient (Wildman–Crippen LogP) is 2.76. The second kappa shape index (κ2) is 6.95. The van der Waals surface area contributed by atoms with Crippen molar-refractivity contribution in [3.05, 3.63) is 51.5 Å². The minimum atomic E-state index is -3.81. The van der Waals surface area contributed by atoms with Gasteiger partial charge in [-0.3, -0.25) is 4.79 Å². The maximum absolute atomic E-state index is 13.0. The quantitative estimate of drug-likeness (QED) is 0.862. The maximum Gasteiger partial charge on any atom is 0.244 e. The van der Waals surface area contributed by atoms with E-state index in [0.717, 1.165) is 15.6 Å². The van der Waals surface area contributed by atoms with Gasteiger partial charge in [-0.2, -0.15) is 4.31 Å². The van der Waals surface area contributed by atoms with Crippen LogP contribution in [-0.2, 0) is 16.4 Å². The van der Waals surface area contributed by atoms with Crippen LogP contribution < -0.4 is 0 Å². The van der Waals surface area contributed by atoms with Crippen LogP contribution in [0.2, 0.25) is 0 Å². The normalized spacial score (nSPS) is 16.1. The number of carbonyl (C=O) groups is 1. The number of aliphatic hydroxyl groups is 1. The average molecular weight is 383 g/mol. The third-order valence-corrected chi connectivity index (χ3v) is 7.41. The van der Waals surface area contributed by atoms with Crippen LogP contribution in [0, 0.1) is 5.82 Å². The molecule has 25 heavy (non-hydrogen) atoms. The molecule has 5 nitrogen and oxygen atoms in total. The molecule has 1 atom stereocenters. The van der Waals surface area contributed by atoms with Gasteiger partial charge < -0.3 is 5.11 Å². The molecule has 3 rings (SSSR count). The Morgan fingerprint density at radius 2 is 1.96 bits per heavy atom. The summed E-state index contributed by atoms with van der Waals surface area (Å²) < 4.78 is 39.7. The fourth-order valence-corrected chi connectivity index (χ4v) is 5.73. The molecule has 0 spiro atoms. The van der Waals surface area contributed by atoms with Gasteiger partial charge in [-0.15, -0.1) is 11.3 Å². The second-order valence-corrected chi connectivity index (χ2v) is 8.93. The van der Waals surface area contributed by atoms with Gasteiger partial charge in [0.1, 0.15) is 5.82 Å². The number of ketones is 1. The lowest BCUT2D eigenvalue weighted by Gasteiger charge is -2.22. The van der Waals surface area contributed by atoms with Crippen LogP contribution in [0.4, 0.5) is 4.39 Å². The van der Waals surface area contributed by atoms with Gasteiger partial charge >= 0.3 is 0 Å². The lowest BCUT2D eigenvalue weighted by molar-refractivity contribution is 0.0976. The summed E-state index contributed by atoms with van der Waals surface area (Å²) in [6, 6.07) is 5.28. The largest absolute Gasteiger partial charge is 0.387 e. The van der Waals surface area contributed by atoms with Crippen LogP contribution in [-0.4, -0.2) is 37.2 Å². The van der Waals surface area contributed by atoms with Crippen molar-refractivity contribution in [3.8, 4) is 0 Å². The molecule has 1 aromatic carbocycles. The average Bonchev–Trinajstić information content (AvgIpc) is 3.01. The summed E-state index contributed by atoms with van der Waals surface area (Å²) in [6.07, 6.45) is 0.587. The van der Waals surface area contributed by atoms with Gasteiger partial charge in [0, 0.05) is 25.4 Å². The van der Waals surface area contributed by atoms with Crippen molar-refractivity contribution >= 4 is 27.1 Å². The fraction of sp³-hybridized carbons (Fsp3) is 0.353. The summed E-state index contributed by atoms with van der Waals surface area (Å²) >= 11 is 1.16. The molecule has 0 fully saturated rings. The zero-order valence-electron chi connectivity index (χ0n) is 13.6. The number of halogens is 1. The lowest BCUT2D eigenvalue weighted by atomic mass is 9.98. The molecule has 0 bridgehead atoms. The van der Waals surface area contributed by atoms with Gasteiger partial charge in [0.25, 0.3) is 0 Å². The third kappa shape index (κ3) is 3.52. The number of Topliss-reactive ketones (excluding diaryl/α,β-unsaturated/α-hetero) is 1. The molecule has 1 N–H and O–H groups in total. The van der Waals surface area contributed by atoms with E-state index in [1.165, 1.54) is 36.7 Å². The van der Waals surface area contributed by atoms with E-state index in [0.29, 0.717) is 35.3 Å². The number of aliphatic hydroxyl groups excluding tert-OH is 1. The number of likely N-dealkylation sites (N-methyl/N-ethyl adjacent to an activating group) is 1. The number of carbonyl (C=O) groups excluding carboxylic acids is 1. The van der Waals surface area contributed by atoms with Crippen LogP contribution in [0.5, 0.6) is 0 Å². The molecule has 0 saturated carbocycles. The first-order valence-electron chi connectivity index (χ1n) is 7.84. The molecule has 1 aliphatic carbocycles. The molecule has 2 aromatic rings. The van der Waals surface area contributed by atoms with Crippen LogP contribution >= 0.6 is 11.3 Å². The third-order valence-electron chi connectivity index (χ3n) is 4.31. The molecule has 0 amide bonds. The van der Waals surface area contributed by atoms with Crippen molar-refractivity contribution in [2.75, 3.05) is 13.6 Å². The van der Waals surface area contributed by atoms with Crippen molar-refractivity contribution < 1.29 is 22.7 Å². The van der Waals surface area contributed by atoms with Crippen LogP contribution in [0.3, 0.4) is 0 Å². The Hall–Kier alpha value is -1.61. The molecule has 0 aliphatic heterocycles. The Kier molecular flexibility index (Phi) is 5.06. The lowest BCUT2D eigenvalue weighted by Crippen LogP contribution is -2.31. The molecule has 0 saturated heterocycles. The number of sulfonamides is 1. The summed E-state index contributed by atoms with van der Waals surface area (Å²) in [4.78, 5) is 12.6. The van der Waals surface area contributed by atoms with Gasteiger partial charge in [0.15, 0.2) is 5.78 Å².